The average Bonchev–Trinajstić information content (AvgIpc) is 3.39. The molecule has 0 spiro atoms. The molecular weight excluding hydrogens is 688 g/mol. The predicted octanol–water partition coefficient (Wildman–Crippen LogP) is 0.357. The minimum absolute atomic E-state index is 0.209. The van der Waals surface area contributed by atoms with Crippen molar-refractivity contribution >= 4 is 17.7 Å². The van der Waals surface area contributed by atoms with Gasteiger partial charge in [0.25, 0.3) is 11.8 Å². The number of nitrogens with two attached hydrogens (primary N) is 1. The van der Waals surface area contributed by atoms with Crippen LogP contribution >= 0.6 is 0 Å². The topological polar surface area (TPSA) is 191 Å². The lowest BCUT2D eigenvalue weighted by atomic mass is 10.1. The molecule has 2 rings (SSSR count). The summed E-state index contributed by atoms with van der Waals surface area (Å²) in [5.74, 6) is -0.944. The fourth-order valence-electron chi connectivity index (χ4n) is 4.29. The first kappa shape index (κ1) is 45.5. The van der Waals surface area contributed by atoms with Crippen LogP contribution in [0.15, 0.2) is 24.3 Å². The summed E-state index contributed by atoms with van der Waals surface area (Å²) >= 11 is 0. The number of primary amides is 1. The van der Waals surface area contributed by atoms with Gasteiger partial charge in [0.05, 0.1) is 176 Å². The third-order valence-electron chi connectivity index (χ3n) is 6.92. The molecule has 0 fully saturated rings. The lowest BCUT2D eigenvalue weighted by Gasteiger charge is -2.13. The van der Waals surface area contributed by atoms with Gasteiger partial charge in [-0.25, -0.2) is 0 Å². The van der Waals surface area contributed by atoms with Gasteiger partial charge in [0.15, 0.2) is 0 Å². The van der Waals surface area contributed by atoms with Crippen molar-refractivity contribution in [1.82, 2.24) is 4.90 Å². The van der Waals surface area contributed by atoms with Crippen molar-refractivity contribution in [3.8, 4) is 0 Å². The van der Waals surface area contributed by atoms with Gasteiger partial charge in [-0.3, -0.25) is 19.3 Å². The summed E-state index contributed by atoms with van der Waals surface area (Å²) < 4.78 is 65.2. The number of hydrogen-bond donors (Lipinski definition) is 1. The summed E-state index contributed by atoms with van der Waals surface area (Å²) in [4.78, 5) is 36.4. The zero-order valence-electron chi connectivity index (χ0n) is 30.3. The van der Waals surface area contributed by atoms with E-state index in [4.69, 9.17) is 62.6 Å². The number of fused-ring (bicyclic) bond motifs is 1. The van der Waals surface area contributed by atoms with E-state index in [1.165, 1.54) is 4.90 Å². The molecule has 1 heterocycles. The molecule has 17 nitrogen and oxygen atoms in total. The highest BCUT2D eigenvalue weighted by atomic mass is 16.6. The molecule has 1 aliphatic heterocycles. The largest absolute Gasteiger partial charge is 0.379 e. The average molecular weight is 747 g/mol. The summed E-state index contributed by atoms with van der Waals surface area (Å²) in [5, 5.41) is 0. The summed E-state index contributed by atoms with van der Waals surface area (Å²) in [6.07, 6.45) is 0.213. The number of imide groups is 1. The number of carbonyl (C=O) groups is 3. The summed E-state index contributed by atoms with van der Waals surface area (Å²) in [7, 11) is 0. The maximum Gasteiger partial charge on any atom is 0.261 e. The highest BCUT2D eigenvalue weighted by molar-refractivity contribution is 6.21. The Bertz CT molecular complexity index is 1020. The fraction of sp³-hybridized carbons (Fsp3) is 0.743. The maximum atomic E-state index is 12.3. The van der Waals surface area contributed by atoms with Crippen molar-refractivity contribution in [1.29, 1.82) is 0 Å². The van der Waals surface area contributed by atoms with Crippen LogP contribution in [-0.2, 0) is 61.6 Å². The van der Waals surface area contributed by atoms with Gasteiger partial charge < -0.3 is 62.6 Å². The third kappa shape index (κ3) is 23.8. The van der Waals surface area contributed by atoms with Crippen LogP contribution < -0.4 is 5.73 Å². The molecule has 1 aromatic rings. The Balaban J connectivity index is 1.16. The molecule has 52 heavy (non-hydrogen) atoms. The van der Waals surface area contributed by atoms with E-state index in [9.17, 15) is 14.4 Å². The van der Waals surface area contributed by atoms with Crippen LogP contribution in [0.2, 0.25) is 0 Å². The smallest absolute Gasteiger partial charge is 0.261 e. The summed E-state index contributed by atoms with van der Waals surface area (Å²) in [6.45, 7) is 10.8. The van der Waals surface area contributed by atoms with Crippen LogP contribution in [-0.4, -0.2) is 188 Å². The molecule has 1 aliphatic rings. The Morgan fingerprint density at radius 3 is 0.885 bits per heavy atom. The molecule has 1 aromatic carbocycles. The zero-order valence-corrected chi connectivity index (χ0v) is 30.3. The van der Waals surface area contributed by atoms with E-state index in [0.29, 0.717) is 163 Å². The van der Waals surface area contributed by atoms with Crippen LogP contribution in [0.4, 0.5) is 0 Å². The first-order valence-corrected chi connectivity index (χ1v) is 17.8. The molecule has 0 aromatic heterocycles. The molecule has 17 heteroatoms. The molecular formula is C35H58N2O15. The molecule has 298 valence electrons. The normalized spacial score (nSPS) is 12.7. The van der Waals surface area contributed by atoms with E-state index in [2.05, 4.69) is 0 Å². The van der Waals surface area contributed by atoms with Crippen molar-refractivity contribution in [3.63, 3.8) is 0 Å². The van der Waals surface area contributed by atoms with Gasteiger partial charge in [-0.1, -0.05) is 12.1 Å². The Labute approximate surface area is 306 Å². The van der Waals surface area contributed by atoms with Crippen LogP contribution in [0.25, 0.3) is 0 Å². The molecule has 0 saturated carbocycles. The number of carbonyl (C=O) groups excluding carboxylic acids is 3. The number of ether oxygens (including phenoxy) is 12. The molecule has 3 amide bonds. The molecule has 2 N–H and O–H groups in total. The number of amides is 3. The van der Waals surface area contributed by atoms with E-state index in [1.807, 2.05) is 0 Å². The first-order chi connectivity index (χ1) is 25.6. The third-order valence-corrected chi connectivity index (χ3v) is 6.92. The van der Waals surface area contributed by atoms with Gasteiger partial charge in [-0.15, -0.1) is 0 Å². The Morgan fingerprint density at radius 1 is 0.404 bits per heavy atom. The van der Waals surface area contributed by atoms with E-state index in [1.54, 1.807) is 24.3 Å². The molecule has 0 unspecified atom stereocenters. The second kappa shape index (κ2) is 33.0. The van der Waals surface area contributed by atoms with Gasteiger partial charge >= 0.3 is 0 Å². The van der Waals surface area contributed by atoms with Gasteiger partial charge in [-0.2, -0.15) is 0 Å². The molecule has 0 aliphatic carbocycles. The van der Waals surface area contributed by atoms with Crippen molar-refractivity contribution in [3.05, 3.63) is 35.4 Å². The monoisotopic (exact) mass is 746 g/mol. The maximum absolute atomic E-state index is 12.3. The molecule has 0 saturated heterocycles. The van der Waals surface area contributed by atoms with Crippen LogP contribution in [0.3, 0.4) is 0 Å². The molecule has 0 radical (unpaired) electrons. The predicted molar refractivity (Wildman–Crippen MR) is 185 cm³/mol. The van der Waals surface area contributed by atoms with E-state index < -0.39 is 0 Å². The number of hydrogen-bond acceptors (Lipinski definition) is 15. The second-order valence-electron chi connectivity index (χ2n) is 10.9. The minimum atomic E-state index is -0.380. The van der Waals surface area contributed by atoms with E-state index >= 15 is 0 Å². The van der Waals surface area contributed by atoms with Crippen molar-refractivity contribution in [2.24, 2.45) is 5.73 Å². The van der Waals surface area contributed by atoms with Crippen molar-refractivity contribution in [2.45, 2.75) is 6.42 Å². The fourth-order valence-corrected chi connectivity index (χ4v) is 4.29. The summed E-state index contributed by atoms with van der Waals surface area (Å²) in [6, 6.07) is 6.81. The van der Waals surface area contributed by atoms with Crippen molar-refractivity contribution < 1.29 is 71.2 Å². The van der Waals surface area contributed by atoms with Gasteiger partial charge in [-0.05, 0) is 12.1 Å². The Kier molecular flexibility index (Phi) is 28.8. The standard InChI is InChI=1S/C35H58N2O15/c36-33(38)5-7-41-9-11-43-13-15-45-17-19-47-21-23-49-25-27-51-29-30-52-28-26-50-24-22-48-20-18-46-16-14-44-12-10-42-8-6-37-34(39)31-3-1-2-4-32(31)35(37)40/h1-4H,5-30H2,(H2,36,38). The highest BCUT2D eigenvalue weighted by Gasteiger charge is 2.34. The van der Waals surface area contributed by atoms with E-state index in [-0.39, 0.29) is 37.3 Å². The Hall–Kier alpha value is -2.65. The Morgan fingerprint density at radius 2 is 0.635 bits per heavy atom. The van der Waals surface area contributed by atoms with Gasteiger partial charge in [0.2, 0.25) is 5.91 Å². The zero-order chi connectivity index (χ0) is 37.2. The minimum Gasteiger partial charge on any atom is -0.379 e. The highest BCUT2D eigenvalue weighted by Crippen LogP contribution is 2.21. The quantitative estimate of drug-likeness (QED) is 0.0717. The van der Waals surface area contributed by atoms with Crippen LogP contribution in [0, 0.1) is 0 Å². The van der Waals surface area contributed by atoms with Gasteiger partial charge in [0, 0.05) is 6.42 Å². The van der Waals surface area contributed by atoms with Crippen molar-refractivity contribution in [2.75, 3.05) is 165 Å². The lowest BCUT2D eigenvalue weighted by Crippen LogP contribution is -2.33. The number of rotatable bonds is 39. The molecule has 0 atom stereocenters. The second-order valence-corrected chi connectivity index (χ2v) is 10.9. The number of benzene rings is 1. The first-order valence-electron chi connectivity index (χ1n) is 17.8. The van der Waals surface area contributed by atoms with Gasteiger partial charge in [0.1, 0.15) is 0 Å². The van der Waals surface area contributed by atoms with Crippen LogP contribution in [0.5, 0.6) is 0 Å². The summed E-state index contributed by atoms with van der Waals surface area (Å²) in [5.41, 5.74) is 5.89. The lowest BCUT2D eigenvalue weighted by molar-refractivity contribution is -0.119. The SMILES string of the molecule is NC(=O)CCOCCOCCOCCOCCOCCOCCOCCOCCOCCOCCOCCOCCN1C(=O)c2ccccc2C1=O. The van der Waals surface area contributed by atoms with Crippen LogP contribution in [0.1, 0.15) is 27.1 Å². The van der Waals surface area contributed by atoms with E-state index in [0.717, 1.165) is 0 Å². The molecule has 0 bridgehead atoms. The number of nitrogens with zero attached hydrogens (tertiary/aromatic N) is 1.